The number of ether oxygens (including phenoxy) is 2. The Kier molecular flexibility index (Phi) is 1.98. The molecule has 0 saturated carbocycles. The van der Waals surface area contributed by atoms with Crippen LogP contribution in [0.3, 0.4) is 0 Å². The molecule has 0 amide bonds. The van der Waals surface area contributed by atoms with Gasteiger partial charge in [-0.3, -0.25) is 0 Å². The lowest BCUT2D eigenvalue weighted by atomic mass is 9.99. The van der Waals surface area contributed by atoms with Crippen LogP contribution in [0, 0.1) is 0 Å². The van der Waals surface area contributed by atoms with Crippen LogP contribution in [-0.2, 0) is 15.9 Å². The highest BCUT2D eigenvalue weighted by Gasteiger charge is 2.30. The molecule has 0 aromatic carbocycles. The van der Waals surface area contributed by atoms with Crippen molar-refractivity contribution in [2.24, 2.45) is 0 Å². The summed E-state index contributed by atoms with van der Waals surface area (Å²) >= 11 is 0. The van der Waals surface area contributed by atoms with Crippen molar-refractivity contribution in [1.29, 1.82) is 0 Å². The van der Waals surface area contributed by atoms with E-state index >= 15 is 0 Å². The first-order valence-corrected chi connectivity index (χ1v) is 4.25. The van der Waals surface area contributed by atoms with E-state index in [-0.39, 0.29) is 0 Å². The van der Waals surface area contributed by atoms with Crippen LogP contribution in [0.2, 0.25) is 0 Å². The van der Waals surface area contributed by atoms with E-state index in [0.29, 0.717) is 0 Å². The van der Waals surface area contributed by atoms with Gasteiger partial charge in [-0.2, -0.15) is 0 Å². The molecule has 0 saturated heterocycles. The molecule has 0 spiro atoms. The second-order valence-electron chi connectivity index (χ2n) is 3.15. The van der Waals surface area contributed by atoms with Gasteiger partial charge in [0, 0.05) is 32.5 Å². The van der Waals surface area contributed by atoms with Crippen molar-refractivity contribution < 1.29 is 9.47 Å². The summed E-state index contributed by atoms with van der Waals surface area (Å²) in [4.78, 5) is 3.15. The monoisotopic (exact) mass is 179 g/mol. The predicted octanol–water partition coefficient (Wildman–Crippen LogP) is 1.57. The van der Waals surface area contributed by atoms with Crippen molar-refractivity contribution in [1.82, 2.24) is 4.98 Å². The van der Waals surface area contributed by atoms with Gasteiger partial charge < -0.3 is 14.5 Å². The molecule has 0 unspecified atom stereocenters. The first-order chi connectivity index (χ1) is 6.29. The van der Waals surface area contributed by atoms with Crippen LogP contribution in [0.15, 0.2) is 18.3 Å². The topological polar surface area (TPSA) is 34.2 Å². The molecule has 2 rings (SSSR count). The van der Waals surface area contributed by atoms with E-state index in [2.05, 4.69) is 4.98 Å². The van der Waals surface area contributed by atoms with Crippen LogP contribution in [0.5, 0.6) is 0 Å². The molecular formula is C10H13NO2. The Bertz CT molecular complexity index is 323. The van der Waals surface area contributed by atoms with Crippen LogP contribution >= 0.6 is 0 Å². The maximum atomic E-state index is 5.33. The highest BCUT2D eigenvalue weighted by Crippen LogP contribution is 2.27. The summed E-state index contributed by atoms with van der Waals surface area (Å²) < 4.78 is 10.7. The Labute approximate surface area is 77.4 Å². The Morgan fingerprint density at radius 2 is 2.15 bits per heavy atom. The summed E-state index contributed by atoms with van der Waals surface area (Å²) in [5, 5.41) is 0. The summed E-state index contributed by atoms with van der Waals surface area (Å²) in [6.45, 7) is 0. The molecule has 1 aromatic heterocycles. The Hall–Kier alpha value is -1.06. The lowest BCUT2D eigenvalue weighted by molar-refractivity contribution is -0.168. The standard InChI is InChI=1S/C10H13NO2/c1-12-10(13-2)5-3-9-8(7-10)4-6-11-9/h3-6,11H,7H2,1-2H3. The molecule has 1 aromatic rings. The van der Waals surface area contributed by atoms with Gasteiger partial charge >= 0.3 is 0 Å². The Balaban J connectivity index is 2.33. The molecule has 1 aliphatic rings. The number of aromatic amines is 1. The van der Waals surface area contributed by atoms with Crippen LogP contribution < -0.4 is 0 Å². The highest BCUT2D eigenvalue weighted by molar-refractivity contribution is 5.54. The molecule has 0 radical (unpaired) electrons. The molecule has 0 aliphatic heterocycles. The minimum atomic E-state index is -0.574. The van der Waals surface area contributed by atoms with Crippen molar-refractivity contribution in [2.75, 3.05) is 14.2 Å². The molecule has 1 aliphatic carbocycles. The van der Waals surface area contributed by atoms with E-state index in [1.165, 1.54) is 5.56 Å². The second kappa shape index (κ2) is 3.01. The largest absolute Gasteiger partial charge is 0.361 e. The zero-order valence-electron chi connectivity index (χ0n) is 7.83. The van der Waals surface area contributed by atoms with Gasteiger partial charge in [-0.05, 0) is 23.8 Å². The number of H-pyrrole nitrogens is 1. The number of hydrogen-bond acceptors (Lipinski definition) is 2. The molecule has 3 heteroatoms. The molecule has 0 atom stereocenters. The summed E-state index contributed by atoms with van der Waals surface area (Å²) in [5.74, 6) is -0.574. The van der Waals surface area contributed by atoms with E-state index in [0.717, 1.165) is 12.1 Å². The highest BCUT2D eigenvalue weighted by atomic mass is 16.7. The third kappa shape index (κ3) is 1.30. The minimum Gasteiger partial charge on any atom is -0.361 e. The van der Waals surface area contributed by atoms with Crippen LogP contribution in [0.1, 0.15) is 11.3 Å². The average Bonchev–Trinajstić information content (AvgIpc) is 2.64. The van der Waals surface area contributed by atoms with Gasteiger partial charge in [-0.25, -0.2) is 0 Å². The average molecular weight is 179 g/mol. The molecule has 0 fully saturated rings. The predicted molar refractivity (Wildman–Crippen MR) is 50.3 cm³/mol. The fourth-order valence-electron chi connectivity index (χ4n) is 1.62. The molecule has 1 N–H and O–H groups in total. The fourth-order valence-corrected chi connectivity index (χ4v) is 1.62. The maximum absolute atomic E-state index is 5.33. The smallest absolute Gasteiger partial charge is 0.191 e. The molecular weight excluding hydrogens is 166 g/mol. The van der Waals surface area contributed by atoms with Crippen molar-refractivity contribution >= 4 is 6.08 Å². The molecule has 3 nitrogen and oxygen atoms in total. The van der Waals surface area contributed by atoms with Gasteiger partial charge in [0.05, 0.1) is 0 Å². The number of rotatable bonds is 2. The number of methoxy groups -OCH3 is 2. The zero-order chi connectivity index (χ0) is 9.31. The minimum absolute atomic E-state index is 0.574. The van der Waals surface area contributed by atoms with Crippen molar-refractivity contribution in [3.05, 3.63) is 29.6 Å². The SMILES string of the molecule is COC1(OC)C=Cc2[nH]ccc2C1. The van der Waals surface area contributed by atoms with Crippen LogP contribution in [-0.4, -0.2) is 25.0 Å². The van der Waals surface area contributed by atoms with Crippen LogP contribution in [0.4, 0.5) is 0 Å². The fraction of sp³-hybridized carbons (Fsp3) is 0.400. The number of aromatic nitrogens is 1. The number of nitrogens with one attached hydrogen (secondary N) is 1. The number of hydrogen-bond donors (Lipinski definition) is 1. The van der Waals surface area contributed by atoms with E-state index < -0.39 is 5.79 Å². The summed E-state index contributed by atoms with van der Waals surface area (Å²) in [5.41, 5.74) is 2.37. The lowest BCUT2D eigenvalue weighted by Crippen LogP contribution is -2.35. The quantitative estimate of drug-likeness (QED) is 0.699. The number of fused-ring (bicyclic) bond motifs is 1. The van der Waals surface area contributed by atoms with E-state index in [1.807, 2.05) is 24.4 Å². The summed E-state index contributed by atoms with van der Waals surface area (Å²) in [6, 6.07) is 2.05. The maximum Gasteiger partial charge on any atom is 0.191 e. The Morgan fingerprint density at radius 1 is 1.38 bits per heavy atom. The first-order valence-electron chi connectivity index (χ1n) is 4.25. The second-order valence-corrected chi connectivity index (χ2v) is 3.15. The summed E-state index contributed by atoms with van der Waals surface area (Å²) in [6.07, 6.45) is 6.61. The van der Waals surface area contributed by atoms with Gasteiger partial charge in [0.25, 0.3) is 0 Å². The zero-order valence-corrected chi connectivity index (χ0v) is 7.83. The molecule has 0 bridgehead atoms. The lowest BCUT2D eigenvalue weighted by Gasteiger charge is -2.29. The summed E-state index contributed by atoms with van der Waals surface area (Å²) in [7, 11) is 3.32. The third-order valence-electron chi connectivity index (χ3n) is 2.50. The van der Waals surface area contributed by atoms with Gasteiger partial charge in [0.2, 0.25) is 0 Å². The van der Waals surface area contributed by atoms with E-state index in [1.54, 1.807) is 14.2 Å². The first kappa shape index (κ1) is 8.53. The Morgan fingerprint density at radius 3 is 2.85 bits per heavy atom. The van der Waals surface area contributed by atoms with E-state index in [4.69, 9.17) is 9.47 Å². The third-order valence-corrected chi connectivity index (χ3v) is 2.50. The molecule has 70 valence electrons. The van der Waals surface area contributed by atoms with Gasteiger partial charge in [-0.1, -0.05) is 0 Å². The van der Waals surface area contributed by atoms with Gasteiger partial charge in [0.15, 0.2) is 5.79 Å². The normalized spacial score (nSPS) is 18.6. The molecule has 1 heterocycles. The van der Waals surface area contributed by atoms with Crippen molar-refractivity contribution in [3.63, 3.8) is 0 Å². The van der Waals surface area contributed by atoms with E-state index in [9.17, 15) is 0 Å². The van der Waals surface area contributed by atoms with Gasteiger partial charge in [-0.15, -0.1) is 0 Å². The van der Waals surface area contributed by atoms with Crippen LogP contribution in [0.25, 0.3) is 6.08 Å². The van der Waals surface area contributed by atoms with Crippen molar-refractivity contribution in [2.45, 2.75) is 12.2 Å². The molecule has 13 heavy (non-hydrogen) atoms. The van der Waals surface area contributed by atoms with Crippen molar-refractivity contribution in [3.8, 4) is 0 Å². The van der Waals surface area contributed by atoms with Gasteiger partial charge in [0.1, 0.15) is 0 Å².